The van der Waals surface area contributed by atoms with Gasteiger partial charge in [-0.05, 0) is 56.2 Å². The van der Waals surface area contributed by atoms with Crippen LogP contribution >= 0.6 is 11.6 Å². The van der Waals surface area contributed by atoms with Gasteiger partial charge in [-0.15, -0.1) is 0 Å². The summed E-state index contributed by atoms with van der Waals surface area (Å²) in [5, 5.41) is 10.6. The summed E-state index contributed by atoms with van der Waals surface area (Å²) in [4.78, 5) is 37.7. The molecule has 46 heavy (non-hydrogen) atoms. The van der Waals surface area contributed by atoms with Crippen molar-refractivity contribution in [3.63, 3.8) is 0 Å². The van der Waals surface area contributed by atoms with Gasteiger partial charge in [-0.25, -0.2) is 4.98 Å². The van der Waals surface area contributed by atoms with E-state index in [1.54, 1.807) is 36.1 Å². The lowest BCUT2D eigenvalue weighted by Gasteiger charge is -2.36. The number of hydrogen-bond donors (Lipinski definition) is 3. The van der Waals surface area contributed by atoms with Crippen LogP contribution in [-0.2, 0) is 17.8 Å². The van der Waals surface area contributed by atoms with E-state index in [1.807, 2.05) is 24.3 Å². The summed E-state index contributed by atoms with van der Waals surface area (Å²) in [7, 11) is 3.06. The minimum atomic E-state index is -0.281. The summed E-state index contributed by atoms with van der Waals surface area (Å²) in [5.41, 5.74) is 2.76. The van der Waals surface area contributed by atoms with E-state index < -0.39 is 0 Å². The third-order valence-corrected chi connectivity index (χ3v) is 8.35. The second kappa shape index (κ2) is 14.8. The van der Waals surface area contributed by atoms with Crippen LogP contribution in [0, 0.1) is 0 Å². The molecule has 1 amide bonds. The number of nitrogens with one attached hydrogen (secondary N) is 3. The van der Waals surface area contributed by atoms with Crippen molar-refractivity contribution in [1.82, 2.24) is 24.8 Å². The normalized spacial score (nSPS) is 16.6. The van der Waals surface area contributed by atoms with E-state index in [4.69, 9.17) is 26.1 Å². The Labute approximate surface area is 273 Å². The maximum Gasteiger partial charge on any atom is 0.260 e. The number of pyridine rings is 1. The number of methoxy groups -OCH3 is 2. The number of rotatable bonds is 12. The van der Waals surface area contributed by atoms with Crippen LogP contribution in [0.25, 0.3) is 22.2 Å². The van der Waals surface area contributed by atoms with Crippen LogP contribution in [0.15, 0.2) is 66.1 Å². The van der Waals surface area contributed by atoms with Crippen molar-refractivity contribution in [3.05, 3.63) is 82.3 Å². The van der Waals surface area contributed by atoms with Gasteiger partial charge in [0.1, 0.15) is 17.1 Å². The van der Waals surface area contributed by atoms with Gasteiger partial charge >= 0.3 is 0 Å². The molecule has 12 heteroatoms. The number of carbonyl (C=O) groups excluding carboxylic acids is 1. The van der Waals surface area contributed by atoms with Crippen LogP contribution in [0.1, 0.15) is 19.4 Å². The Balaban J connectivity index is 1.48. The van der Waals surface area contributed by atoms with Crippen molar-refractivity contribution < 1.29 is 14.3 Å². The maximum absolute atomic E-state index is 14.2. The van der Waals surface area contributed by atoms with Crippen LogP contribution < -0.4 is 31.0 Å². The van der Waals surface area contributed by atoms with E-state index in [9.17, 15) is 9.59 Å². The molecule has 0 saturated carbocycles. The Hall–Kier alpha value is -4.45. The number of carbonyl (C=O) groups is 1. The van der Waals surface area contributed by atoms with Crippen LogP contribution in [0.4, 0.5) is 11.6 Å². The zero-order chi connectivity index (χ0) is 32.8. The number of piperazine rings is 1. The van der Waals surface area contributed by atoms with E-state index in [0.29, 0.717) is 81.9 Å². The lowest BCUT2D eigenvalue weighted by atomic mass is 10.0. The molecule has 2 aromatic carbocycles. The molecule has 2 aromatic heterocycles. The highest BCUT2D eigenvalue weighted by Gasteiger charge is 2.21. The molecule has 1 fully saturated rings. The van der Waals surface area contributed by atoms with Crippen molar-refractivity contribution in [3.8, 4) is 22.6 Å². The molecule has 242 valence electrons. The predicted octanol–water partition coefficient (Wildman–Crippen LogP) is 4.59. The minimum Gasteiger partial charge on any atom is -0.497 e. The molecule has 3 N–H and O–H groups in total. The Kier molecular flexibility index (Phi) is 10.6. The molecule has 0 spiro atoms. The number of anilines is 2. The minimum absolute atomic E-state index is 0.256. The van der Waals surface area contributed by atoms with Gasteiger partial charge in [-0.1, -0.05) is 30.3 Å². The number of amides is 1. The van der Waals surface area contributed by atoms with Gasteiger partial charge in [-0.2, -0.15) is 4.98 Å². The second-order valence-corrected chi connectivity index (χ2v) is 11.9. The number of nitrogens with zero attached hydrogens (tertiary/aromatic N) is 4. The first-order chi connectivity index (χ1) is 22.2. The fraction of sp³-hybridized carbons (Fsp3) is 0.353. The number of aryl methyl sites for hydroxylation is 2. The molecule has 0 aliphatic carbocycles. The highest BCUT2D eigenvalue weighted by atomic mass is 35.5. The van der Waals surface area contributed by atoms with E-state index in [-0.39, 0.29) is 11.5 Å². The lowest BCUT2D eigenvalue weighted by Crippen LogP contribution is -2.54. The molecule has 5 rings (SSSR count). The summed E-state index contributed by atoms with van der Waals surface area (Å²) in [6, 6.07) is 13.5. The van der Waals surface area contributed by atoms with E-state index in [1.165, 1.54) is 13.2 Å². The molecule has 0 bridgehead atoms. The molecule has 1 aliphatic rings. The lowest BCUT2D eigenvalue weighted by molar-refractivity contribution is -0.111. The number of ether oxygens (including phenoxy) is 2. The van der Waals surface area contributed by atoms with Crippen molar-refractivity contribution in [1.29, 1.82) is 0 Å². The SMILES string of the molecule is C=CC(=O)Nc1ccc(CCn2c(=O)c(-c3cc(OC)cc(OC)c3Cl)cc3cnc(NCCN4CC(C)NC(C)C4)nc32)cc1. The number of fused-ring (bicyclic) bond motifs is 1. The summed E-state index contributed by atoms with van der Waals surface area (Å²) >= 11 is 6.73. The fourth-order valence-electron chi connectivity index (χ4n) is 5.82. The molecular formula is C34H40ClN7O4. The Morgan fingerprint density at radius 2 is 1.83 bits per heavy atom. The quantitative estimate of drug-likeness (QED) is 0.190. The summed E-state index contributed by atoms with van der Waals surface area (Å²) in [6.45, 7) is 11.7. The second-order valence-electron chi connectivity index (χ2n) is 11.5. The van der Waals surface area contributed by atoms with Crippen LogP contribution in [0.2, 0.25) is 5.02 Å². The zero-order valence-corrected chi connectivity index (χ0v) is 27.4. The van der Waals surface area contributed by atoms with Gasteiger partial charge in [0.05, 0.1) is 19.2 Å². The van der Waals surface area contributed by atoms with Crippen molar-refractivity contribution >= 4 is 40.2 Å². The van der Waals surface area contributed by atoms with E-state index >= 15 is 0 Å². The van der Waals surface area contributed by atoms with Crippen LogP contribution in [-0.4, -0.2) is 77.8 Å². The first-order valence-electron chi connectivity index (χ1n) is 15.3. The number of halogens is 1. The van der Waals surface area contributed by atoms with Gasteiger partial charge in [0, 0.05) is 79.3 Å². The molecule has 3 heterocycles. The van der Waals surface area contributed by atoms with E-state index in [0.717, 1.165) is 25.2 Å². The number of aromatic nitrogens is 3. The van der Waals surface area contributed by atoms with Gasteiger partial charge in [0.15, 0.2) is 0 Å². The smallest absolute Gasteiger partial charge is 0.260 e. The molecule has 2 unspecified atom stereocenters. The van der Waals surface area contributed by atoms with Gasteiger partial charge in [0.2, 0.25) is 11.9 Å². The predicted molar refractivity (Wildman–Crippen MR) is 183 cm³/mol. The third-order valence-electron chi connectivity index (χ3n) is 7.96. The van der Waals surface area contributed by atoms with Gasteiger partial charge in [0.25, 0.3) is 5.56 Å². The average molecular weight is 646 g/mol. The maximum atomic E-state index is 14.2. The summed E-state index contributed by atoms with van der Waals surface area (Å²) < 4.78 is 12.6. The standard InChI is InChI=1S/C34H40ClN7O4/c1-6-30(43)39-25-9-7-23(8-10-25)11-13-42-32-24(15-28(33(42)44)27-16-26(45-4)17-29(46-5)31(27)35)18-37-34(40-32)36-12-14-41-19-21(2)38-22(3)20-41/h6-10,15-18,21-22,38H,1,11-14,19-20H2,2-5H3,(H,39,43)(H,36,37,40). The van der Waals surface area contributed by atoms with Crippen molar-refractivity contribution in [2.24, 2.45) is 0 Å². The highest BCUT2D eigenvalue weighted by molar-refractivity contribution is 6.35. The molecule has 1 aliphatic heterocycles. The summed E-state index contributed by atoms with van der Waals surface area (Å²) in [5.74, 6) is 1.08. The molecular weight excluding hydrogens is 606 g/mol. The molecule has 11 nitrogen and oxygen atoms in total. The molecule has 2 atom stereocenters. The largest absolute Gasteiger partial charge is 0.497 e. The van der Waals surface area contributed by atoms with Gasteiger partial charge in [-0.3, -0.25) is 19.1 Å². The van der Waals surface area contributed by atoms with E-state index in [2.05, 4.69) is 46.3 Å². The number of hydrogen-bond acceptors (Lipinski definition) is 9. The third kappa shape index (κ3) is 7.67. The summed E-state index contributed by atoms with van der Waals surface area (Å²) in [6.07, 6.45) is 3.48. The highest BCUT2D eigenvalue weighted by Crippen LogP contribution is 2.38. The van der Waals surface area contributed by atoms with Gasteiger partial charge < -0.3 is 25.4 Å². The van der Waals surface area contributed by atoms with Crippen LogP contribution in [0.3, 0.4) is 0 Å². The average Bonchev–Trinajstić information content (AvgIpc) is 3.04. The topological polar surface area (TPSA) is 123 Å². The molecule has 4 aromatic rings. The Bertz CT molecular complexity index is 1770. The van der Waals surface area contributed by atoms with Crippen molar-refractivity contribution in [2.45, 2.75) is 38.9 Å². The van der Waals surface area contributed by atoms with Crippen molar-refractivity contribution in [2.75, 3.05) is 51.0 Å². The number of benzene rings is 2. The molecule has 1 saturated heterocycles. The van der Waals surface area contributed by atoms with Crippen LogP contribution in [0.5, 0.6) is 11.5 Å². The fourth-order valence-corrected chi connectivity index (χ4v) is 6.11. The molecule has 0 radical (unpaired) electrons. The first-order valence-corrected chi connectivity index (χ1v) is 15.6. The first kappa shape index (κ1) is 32.9. The Morgan fingerprint density at radius 1 is 1.09 bits per heavy atom. The Morgan fingerprint density at radius 3 is 2.50 bits per heavy atom. The zero-order valence-electron chi connectivity index (χ0n) is 26.6. The monoisotopic (exact) mass is 645 g/mol.